The molecular formula is C25H25BN4O4S3. The van der Waals surface area contributed by atoms with Gasteiger partial charge in [-0.2, -0.15) is 0 Å². The van der Waals surface area contributed by atoms with E-state index >= 15 is 0 Å². The van der Waals surface area contributed by atoms with Crippen molar-refractivity contribution in [2.24, 2.45) is 4.99 Å². The molecule has 1 amide bonds. The molecule has 1 aromatic carbocycles. The van der Waals surface area contributed by atoms with E-state index in [4.69, 9.17) is 14.5 Å². The molecule has 8 nitrogen and oxygen atoms in total. The van der Waals surface area contributed by atoms with Gasteiger partial charge in [0.1, 0.15) is 16.8 Å². The van der Waals surface area contributed by atoms with Crippen LogP contribution in [0, 0.1) is 0 Å². The molecule has 1 aromatic heterocycles. The minimum Gasteiger partial charge on any atom is -0.539 e. The number of carbonyl (C=O) groups is 2. The van der Waals surface area contributed by atoms with Crippen molar-refractivity contribution in [1.29, 1.82) is 0 Å². The highest BCUT2D eigenvalue weighted by Crippen LogP contribution is 2.46. The smallest absolute Gasteiger partial charge is 0.337 e. The normalized spacial score (nSPS) is 19.8. The molecule has 0 bridgehead atoms. The van der Waals surface area contributed by atoms with Crippen molar-refractivity contribution < 1.29 is 19.1 Å². The van der Waals surface area contributed by atoms with Gasteiger partial charge in [0.15, 0.2) is 10.4 Å². The third-order valence-electron chi connectivity index (χ3n) is 5.46. The van der Waals surface area contributed by atoms with Crippen LogP contribution in [0.4, 0.5) is 0 Å². The first-order chi connectivity index (χ1) is 18.0. The zero-order valence-corrected chi connectivity index (χ0v) is 23.0. The van der Waals surface area contributed by atoms with Crippen LogP contribution in [0.15, 0.2) is 80.5 Å². The molecule has 0 spiro atoms. The van der Waals surface area contributed by atoms with E-state index in [9.17, 15) is 9.59 Å². The lowest BCUT2D eigenvalue weighted by atomic mass is 10.1. The highest BCUT2D eigenvalue weighted by Gasteiger charge is 2.54. The van der Waals surface area contributed by atoms with Crippen molar-refractivity contribution in [1.82, 2.24) is 15.4 Å². The number of benzene rings is 1. The average Bonchev–Trinajstić information content (AvgIpc) is 3.39. The fourth-order valence-corrected chi connectivity index (χ4v) is 7.10. The number of rotatable bonds is 10. The van der Waals surface area contributed by atoms with Gasteiger partial charge in [0.05, 0.1) is 5.69 Å². The van der Waals surface area contributed by atoms with Gasteiger partial charge in [-0.1, -0.05) is 60.8 Å². The molecule has 2 aromatic rings. The molecule has 0 saturated carbocycles. The second kappa shape index (κ2) is 12.5. The predicted octanol–water partition coefficient (Wildman–Crippen LogP) is 3.67. The Bertz CT molecular complexity index is 1310. The Labute approximate surface area is 229 Å². The number of amides is 1. The number of hydrogen-bond acceptors (Lipinski definition) is 10. The van der Waals surface area contributed by atoms with Gasteiger partial charge in [0.25, 0.3) is 5.91 Å². The summed E-state index contributed by atoms with van der Waals surface area (Å²) in [5, 5.41) is 1.65. The van der Waals surface area contributed by atoms with Gasteiger partial charge in [-0.3, -0.25) is 14.7 Å². The minimum absolute atomic E-state index is 0.250. The Balaban J connectivity index is 1.50. The summed E-state index contributed by atoms with van der Waals surface area (Å²) < 4.78 is 5.80. The first kappa shape index (κ1) is 27.0. The number of fused-ring (bicyclic) bond motifs is 1. The van der Waals surface area contributed by atoms with Crippen LogP contribution in [0.2, 0.25) is 0 Å². The van der Waals surface area contributed by atoms with E-state index in [-0.39, 0.29) is 17.0 Å². The number of β-lactam (4-membered cyclic amide) rings is 1. The first-order valence-electron chi connectivity index (χ1n) is 11.3. The quantitative estimate of drug-likeness (QED) is 0.119. The third kappa shape index (κ3) is 5.93. The maximum atomic E-state index is 13.1. The number of thioether (sulfide) groups is 2. The Hall–Kier alpha value is -3.06. The molecule has 2 atom stereocenters. The van der Waals surface area contributed by atoms with E-state index in [1.165, 1.54) is 36.0 Å². The predicted molar refractivity (Wildman–Crippen MR) is 153 cm³/mol. The van der Waals surface area contributed by atoms with Crippen LogP contribution >= 0.6 is 34.9 Å². The van der Waals surface area contributed by atoms with Crippen molar-refractivity contribution >= 4 is 72.3 Å². The molecule has 12 heteroatoms. The summed E-state index contributed by atoms with van der Waals surface area (Å²) in [5.74, 6) is 0.105. The molecule has 0 unspecified atom stereocenters. The van der Waals surface area contributed by atoms with Crippen LogP contribution < -0.4 is 5.48 Å². The van der Waals surface area contributed by atoms with Gasteiger partial charge in [0.2, 0.25) is 0 Å². The third-order valence-corrected chi connectivity index (χ3v) is 8.94. The molecule has 3 heterocycles. The standard InChI is InChI=1S/C25H25BN4O4S3/c1-4-8-17(11-12-27-3)18-13-36-25(28-18)37-19-14-35-23-20(22(31)30(23)21(19)24(32)33-26)29-34-15(2)16-9-6-5-7-10-16/h4-13,20,23,29H,2,14,26H2,1,3H3/b8-4-,17-11+,27-12+/t20-,23-/m1/s1. The Morgan fingerprint density at radius 1 is 1.38 bits per heavy atom. The number of carbonyl (C=O) groups excluding carboxylic acids is 2. The van der Waals surface area contributed by atoms with Crippen molar-refractivity contribution in [3.05, 3.63) is 82.4 Å². The van der Waals surface area contributed by atoms with Gasteiger partial charge in [-0.25, -0.2) is 9.78 Å². The number of hydroxylamine groups is 1. The fraction of sp³-hybridized carbons (Fsp3) is 0.200. The van der Waals surface area contributed by atoms with Crippen LogP contribution in [0.1, 0.15) is 18.2 Å². The van der Waals surface area contributed by atoms with Gasteiger partial charge in [-0.05, 0) is 13.0 Å². The monoisotopic (exact) mass is 552 g/mol. The number of aromatic nitrogens is 1. The molecule has 1 saturated heterocycles. The lowest BCUT2D eigenvalue weighted by Crippen LogP contribution is -2.69. The largest absolute Gasteiger partial charge is 0.539 e. The average molecular weight is 553 g/mol. The summed E-state index contributed by atoms with van der Waals surface area (Å²) in [6, 6.07) is 8.79. The van der Waals surface area contributed by atoms with Gasteiger partial charge in [0, 0.05) is 40.4 Å². The zero-order chi connectivity index (χ0) is 26.4. The molecule has 190 valence electrons. The SMILES string of the molecule is BOC(=O)C1=C(Sc2nc(C(/C=C\C)=C/C=N/C)cs2)CS[C@@H]2[C@H](NOC(=C)c3ccccc3)C(=O)N12. The molecule has 2 aliphatic rings. The van der Waals surface area contributed by atoms with Gasteiger partial charge >= 0.3 is 14.0 Å². The summed E-state index contributed by atoms with van der Waals surface area (Å²) in [6.07, 6.45) is 7.52. The van der Waals surface area contributed by atoms with Crippen molar-refractivity contribution in [2.75, 3.05) is 12.8 Å². The second-order valence-corrected chi connectivity index (χ2v) is 11.1. The van der Waals surface area contributed by atoms with E-state index in [0.717, 1.165) is 26.1 Å². The van der Waals surface area contributed by atoms with Crippen LogP contribution in [0.25, 0.3) is 11.3 Å². The van der Waals surface area contributed by atoms with Crippen molar-refractivity contribution in [2.45, 2.75) is 22.7 Å². The van der Waals surface area contributed by atoms with Crippen molar-refractivity contribution in [3.63, 3.8) is 0 Å². The lowest BCUT2D eigenvalue weighted by Gasteiger charge is -2.49. The maximum absolute atomic E-state index is 13.1. The number of thiazole rings is 1. The molecule has 37 heavy (non-hydrogen) atoms. The maximum Gasteiger partial charge on any atom is 0.337 e. The van der Waals surface area contributed by atoms with Crippen LogP contribution in [0.5, 0.6) is 0 Å². The molecule has 1 N–H and O–H groups in total. The Morgan fingerprint density at radius 2 is 2.16 bits per heavy atom. The summed E-state index contributed by atoms with van der Waals surface area (Å²) in [4.78, 5) is 42.4. The summed E-state index contributed by atoms with van der Waals surface area (Å²) >= 11 is 4.40. The summed E-state index contributed by atoms with van der Waals surface area (Å²) in [5.41, 5.74) is 5.63. The van der Waals surface area contributed by atoms with Crippen LogP contribution in [-0.4, -0.2) is 60.2 Å². The first-order valence-corrected chi connectivity index (χ1v) is 14.0. The molecule has 2 aliphatic heterocycles. The Morgan fingerprint density at radius 3 is 2.86 bits per heavy atom. The fourth-order valence-electron chi connectivity index (χ4n) is 3.65. The number of nitrogens with zero attached hydrogens (tertiary/aromatic N) is 3. The van der Waals surface area contributed by atoms with Crippen LogP contribution in [-0.2, 0) is 19.1 Å². The van der Waals surface area contributed by atoms with Crippen LogP contribution in [0.3, 0.4) is 0 Å². The Kier molecular flexibility index (Phi) is 9.09. The summed E-state index contributed by atoms with van der Waals surface area (Å²) in [7, 11) is 3.02. The zero-order valence-electron chi connectivity index (χ0n) is 20.5. The molecule has 0 radical (unpaired) electrons. The lowest BCUT2D eigenvalue weighted by molar-refractivity contribution is -0.152. The molecule has 4 rings (SSSR count). The van der Waals surface area contributed by atoms with Crippen molar-refractivity contribution in [3.8, 4) is 0 Å². The molecular weight excluding hydrogens is 527 g/mol. The van der Waals surface area contributed by atoms with E-state index in [2.05, 4.69) is 17.1 Å². The number of allylic oxidation sites excluding steroid dienone is 4. The minimum atomic E-state index is -0.614. The van der Waals surface area contributed by atoms with E-state index in [1.807, 2.05) is 60.9 Å². The number of aliphatic imine (C=N–C) groups is 1. The van der Waals surface area contributed by atoms with E-state index < -0.39 is 12.0 Å². The number of hydrogen-bond donors (Lipinski definition) is 1. The van der Waals surface area contributed by atoms with E-state index in [0.29, 0.717) is 11.5 Å². The molecule has 1 fully saturated rings. The number of nitrogens with one attached hydrogen (secondary N) is 1. The highest BCUT2D eigenvalue weighted by atomic mass is 32.2. The second-order valence-electron chi connectivity index (χ2n) is 7.79. The van der Waals surface area contributed by atoms with Gasteiger partial charge < -0.3 is 9.49 Å². The van der Waals surface area contributed by atoms with Gasteiger partial charge in [-0.15, -0.1) is 28.6 Å². The van der Waals surface area contributed by atoms with E-state index in [1.54, 1.807) is 25.0 Å². The topological polar surface area (TPSA) is 93.1 Å². The highest BCUT2D eigenvalue weighted by molar-refractivity contribution is 8.07. The molecule has 0 aliphatic carbocycles. The summed E-state index contributed by atoms with van der Waals surface area (Å²) in [6.45, 7) is 5.86.